The van der Waals surface area contributed by atoms with Crippen LogP contribution in [0.15, 0.2) is 12.5 Å². The van der Waals surface area contributed by atoms with Gasteiger partial charge in [0.25, 0.3) is 6.33 Å². The lowest BCUT2D eigenvalue weighted by Crippen LogP contribution is -2.34. The highest BCUT2D eigenvalue weighted by molar-refractivity contribution is 5.14. The predicted octanol–water partition coefficient (Wildman–Crippen LogP) is 0.594. The van der Waals surface area contributed by atoms with E-state index in [1.54, 1.807) is 0 Å². The highest BCUT2D eigenvalue weighted by Crippen LogP contribution is 2.15. The van der Waals surface area contributed by atoms with E-state index in [0.29, 0.717) is 0 Å². The fourth-order valence-electron chi connectivity index (χ4n) is 1.56. The number of aryl methyl sites for hydroxylation is 1. The van der Waals surface area contributed by atoms with Crippen LogP contribution >= 0.6 is 0 Å². The van der Waals surface area contributed by atoms with Crippen molar-refractivity contribution in [3.05, 3.63) is 29.0 Å². The van der Waals surface area contributed by atoms with Crippen LogP contribution in [0, 0.1) is 5.21 Å². The first kappa shape index (κ1) is 6.58. The maximum absolute atomic E-state index is 11.1. The normalized spacial score (nSPS) is 16.0. The average Bonchev–Trinajstić information content (AvgIpc) is 2.06. The van der Waals surface area contributed by atoms with Crippen molar-refractivity contribution in [3.63, 3.8) is 0 Å². The first-order chi connectivity index (χ1) is 5.38. The first-order valence-electron chi connectivity index (χ1n) is 3.93. The Bertz CT molecular complexity index is 273. The zero-order valence-electron chi connectivity index (χ0n) is 6.29. The van der Waals surface area contributed by atoms with Crippen LogP contribution in [-0.2, 0) is 12.8 Å². The van der Waals surface area contributed by atoms with Gasteiger partial charge in [0.2, 0.25) is 0 Å². The third-order valence-electron chi connectivity index (χ3n) is 2.15. The summed E-state index contributed by atoms with van der Waals surface area (Å²) in [6, 6.07) is 0. The summed E-state index contributed by atoms with van der Waals surface area (Å²) in [5, 5.41) is 11.1. The summed E-state index contributed by atoms with van der Waals surface area (Å²) in [7, 11) is 0. The van der Waals surface area contributed by atoms with Gasteiger partial charge in [-0.2, -0.15) is 0 Å². The van der Waals surface area contributed by atoms with E-state index in [2.05, 4.69) is 4.98 Å². The molecule has 11 heavy (non-hydrogen) atoms. The lowest BCUT2D eigenvalue weighted by molar-refractivity contribution is -0.618. The molecule has 0 amide bonds. The van der Waals surface area contributed by atoms with Gasteiger partial charge in [-0.25, -0.2) is 4.73 Å². The Morgan fingerprint density at radius 3 is 3.00 bits per heavy atom. The van der Waals surface area contributed by atoms with Gasteiger partial charge in [-0.1, -0.05) is 4.98 Å². The Labute approximate surface area is 65.3 Å². The highest BCUT2D eigenvalue weighted by atomic mass is 16.5. The quantitative estimate of drug-likeness (QED) is 0.401. The van der Waals surface area contributed by atoms with E-state index >= 15 is 0 Å². The number of nitrogens with zero attached hydrogens (tertiary/aromatic N) is 2. The zero-order valence-corrected chi connectivity index (χ0v) is 6.29. The molecule has 0 fully saturated rings. The molecular formula is C8H10N2O. The van der Waals surface area contributed by atoms with Gasteiger partial charge in [0.15, 0.2) is 0 Å². The van der Waals surface area contributed by atoms with Crippen molar-refractivity contribution in [2.45, 2.75) is 25.7 Å². The molecule has 2 rings (SSSR count). The molecule has 0 atom stereocenters. The molecule has 1 aromatic rings. The monoisotopic (exact) mass is 150 g/mol. The molecule has 3 heteroatoms. The zero-order chi connectivity index (χ0) is 7.68. The van der Waals surface area contributed by atoms with Crippen LogP contribution in [0.2, 0.25) is 0 Å². The van der Waals surface area contributed by atoms with Gasteiger partial charge < -0.3 is 5.21 Å². The van der Waals surface area contributed by atoms with Crippen LogP contribution in [0.1, 0.15) is 24.1 Å². The number of fused-ring (bicyclic) bond motifs is 1. The van der Waals surface area contributed by atoms with E-state index in [4.69, 9.17) is 0 Å². The fourth-order valence-corrected chi connectivity index (χ4v) is 1.56. The molecule has 1 aliphatic rings. The molecule has 1 aromatic heterocycles. The number of hydrogen-bond donors (Lipinski definition) is 0. The summed E-state index contributed by atoms with van der Waals surface area (Å²) in [4.78, 5) is 3.85. The molecule has 0 N–H and O–H groups in total. The third kappa shape index (κ3) is 1.06. The van der Waals surface area contributed by atoms with E-state index in [-0.39, 0.29) is 0 Å². The molecule has 0 aromatic carbocycles. The van der Waals surface area contributed by atoms with Crippen molar-refractivity contribution in [2.24, 2.45) is 0 Å². The van der Waals surface area contributed by atoms with E-state index in [0.717, 1.165) is 35.3 Å². The van der Waals surface area contributed by atoms with Gasteiger partial charge >= 0.3 is 0 Å². The van der Waals surface area contributed by atoms with Crippen molar-refractivity contribution in [1.29, 1.82) is 0 Å². The molecule has 1 aliphatic carbocycles. The molecule has 0 saturated carbocycles. The van der Waals surface area contributed by atoms with Crippen LogP contribution in [0.3, 0.4) is 0 Å². The summed E-state index contributed by atoms with van der Waals surface area (Å²) in [6.45, 7) is 0. The summed E-state index contributed by atoms with van der Waals surface area (Å²) in [5.41, 5.74) is 2.06. The van der Waals surface area contributed by atoms with Gasteiger partial charge in [-0.3, -0.25) is 0 Å². The van der Waals surface area contributed by atoms with E-state index in [1.165, 1.54) is 12.7 Å². The Morgan fingerprint density at radius 1 is 1.36 bits per heavy atom. The van der Waals surface area contributed by atoms with Gasteiger partial charge in [-0.05, 0) is 19.3 Å². The number of rotatable bonds is 0. The minimum atomic E-state index is 0.897. The summed E-state index contributed by atoms with van der Waals surface area (Å²) < 4.78 is 0.897. The molecular weight excluding hydrogens is 140 g/mol. The second-order valence-corrected chi connectivity index (χ2v) is 2.90. The minimum absolute atomic E-state index is 0.897. The van der Waals surface area contributed by atoms with E-state index in [1.807, 2.05) is 6.20 Å². The van der Waals surface area contributed by atoms with E-state index in [9.17, 15) is 5.21 Å². The first-order valence-corrected chi connectivity index (χ1v) is 3.93. The Hall–Kier alpha value is -1.12. The van der Waals surface area contributed by atoms with Crippen molar-refractivity contribution in [1.82, 2.24) is 4.98 Å². The second-order valence-electron chi connectivity index (χ2n) is 2.90. The van der Waals surface area contributed by atoms with Crippen LogP contribution in [0.25, 0.3) is 0 Å². The topological polar surface area (TPSA) is 39.8 Å². The van der Waals surface area contributed by atoms with Gasteiger partial charge in [0.05, 0.1) is 0 Å². The van der Waals surface area contributed by atoms with Crippen LogP contribution in [-0.4, -0.2) is 4.98 Å². The SMILES string of the molecule is [O-][n+]1cncc2c1CCCC2. The molecule has 0 radical (unpaired) electrons. The molecule has 1 heterocycles. The molecule has 58 valence electrons. The van der Waals surface area contributed by atoms with Crippen molar-refractivity contribution in [2.75, 3.05) is 0 Å². The minimum Gasteiger partial charge on any atom is -0.711 e. The van der Waals surface area contributed by atoms with Crippen molar-refractivity contribution < 1.29 is 4.73 Å². The largest absolute Gasteiger partial charge is 0.711 e. The van der Waals surface area contributed by atoms with Crippen LogP contribution < -0.4 is 4.73 Å². The Kier molecular flexibility index (Phi) is 1.49. The molecule has 3 nitrogen and oxygen atoms in total. The predicted molar refractivity (Wildman–Crippen MR) is 39.8 cm³/mol. The Morgan fingerprint density at radius 2 is 2.18 bits per heavy atom. The van der Waals surface area contributed by atoms with Crippen LogP contribution in [0.5, 0.6) is 0 Å². The maximum atomic E-state index is 11.1. The van der Waals surface area contributed by atoms with Gasteiger partial charge in [0, 0.05) is 12.0 Å². The summed E-state index contributed by atoms with van der Waals surface area (Å²) >= 11 is 0. The fraction of sp³-hybridized carbons (Fsp3) is 0.500. The molecule has 0 bridgehead atoms. The number of aromatic nitrogens is 2. The van der Waals surface area contributed by atoms with Crippen LogP contribution in [0.4, 0.5) is 0 Å². The smallest absolute Gasteiger partial charge is 0.289 e. The third-order valence-corrected chi connectivity index (χ3v) is 2.15. The highest BCUT2D eigenvalue weighted by Gasteiger charge is 2.14. The van der Waals surface area contributed by atoms with Gasteiger partial charge in [-0.15, -0.1) is 0 Å². The number of hydrogen-bond acceptors (Lipinski definition) is 2. The Balaban J connectivity index is 2.49. The standard InChI is InChI=1S/C8H10N2O/c11-10-6-9-5-7-3-1-2-4-8(7)10/h5-6H,1-4H2. The molecule has 0 aliphatic heterocycles. The van der Waals surface area contributed by atoms with Gasteiger partial charge in [0.1, 0.15) is 11.9 Å². The molecule has 0 unspecified atom stereocenters. The van der Waals surface area contributed by atoms with Crippen molar-refractivity contribution >= 4 is 0 Å². The maximum Gasteiger partial charge on any atom is 0.289 e. The lowest BCUT2D eigenvalue weighted by Gasteiger charge is -2.15. The average molecular weight is 150 g/mol. The summed E-state index contributed by atoms with van der Waals surface area (Å²) in [6.07, 6.45) is 7.41. The summed E-state index contributed by atoms with van der Waals surface area (Å²) in [5.74, 6) is 0. The van der Waals surface area contributed by atoms with Crippen molar-refractivity contribution in [3.8, 4) is 0 Å². The second kappa shape index (κ2) is 2.49. The molecule has 0 saturated heterocycles. The lowest BCUT2D eigenvalue weighted by atomic mass is 9.98. The van der Waals surface area contributed by atoms with E-state index < -0.39 is 0 Å². The molecule has 0 spiro atoms.